The maximum absolute atomic E-state index is 15.1. The molecule has 0 aliphatic heterocycles. The number of benzene rings is 1. The van der Waals surface area contributed by atoms with Crippen molar-refractivity contribution in [2.45, 2.75) is 57.3 Å². The lowest BCUT2D eigenvalue weighted by atomic mass is 9.85. The highest BCUT2D eigenvalue weighted by molar-refractivity contribution is 6.38. The van der Waals surface area contributed by atoms with Gasteiger partial charge in [-0.1, -0.05) is 23.2 Å². The van der Waals surface area contributed by atoms with Gasteiger partial charge in [-0.15, -0.1) is 0 Å². The number of aromatic nitrogens is 1. The van der Waals surface area contributed by atoms with Crippen LogP contribution in [0.3, 0.4) is 0 Å². The van der Waals surface area contributed by atoms with Crippen molar-refractivity contribution in [3.05, 3.63) is 51.5 Å². The minimum atomic E-state index is -1.31. The molecule has 1 unspecified atom stereocenters. The van der Waals surface area contributed by atoms with E-state index in [0.29, 0.717) is 34.6 Å². The van der Waals surface area contributed by atoms with Crippen LogP contribution in [0.25, 0.3) is 11.1 Å². The summed E-state index contributed by atoms with van der Waals surface area (Å²) < 4.78 is 29.2. The van der Waals surface area contributed by atoms with Gasteiger partial charge in [0.05, 0.1) is 22.8 Å². The van der Waals surface area contributed by atoms with Crippen LogP contribution in [0.4, 0.5) is 13.6 Å². The third-order valence-electron chi connectivity index (χ3n) is 6.09. The number of carbonyl (C=O) groups excluding carboxylic acids is 1. The van der Waals surface area contributed by atoms with Crippen LogP contribution in [0, 0.1) is 5.82 Å². The van der Waals surface area contributed by atoms with Gasteiger partial charge in [0.15, 0.2) is 5.84 Å². The lowest BCUT2D eigenvalue weighted by Crippen LogP contribution is -2.47. The number of amidine groups is 1. The molecule has 0 spiro atoms. The SMILES string of the molecule is C=NN/C(=N/N)c1c(Cl)cc(Cl)cc1-c1cnc(C(C)NC(=O)N(O)C2CCC(C)(F)CC2)c(F)c1. The first-order valence-corrected chi connectivity index (χ1v) is 11.9. The summed E-state index contributed by atoms with van der Waals surface area (Å²) in [4.78, 5) is 16.7. The molecule has 2 amide bonds. The van der Waals surface area contributed by atoms with Crippen LogP contribution in [0.2, 0.25) is 10.0 Å². The number of hydrogen-bond acceptors (Lipinski definition) is 6. The summed E-state index contributed by atoms with van der Waals surface area (Å²) in [5.41, 5.74) is 2.15. The van der Waals surface area contributed by atoms with E-state index in [1.54, 1.807) is 0 Å². The molecule has 1 saturated carbocycles. The molecular formula is C23H27Cl2F2N7O2. The predicted molar refractivity (Wildman–Crippen MR) is 135 cm³/mol. The molecule has 0 bridgehead atoms. The van der Waals surface area contributed by atoms with Gasteiger partial charge in [-0.2, -0.15) is 10.2 Å². The monoisotopic (exact) mass is 541 g/mol. The summed E-state index contributed by atoms with van der Waals surface area (Å²) in [6, 6.07) is 1.98. The molecule has 36 heavy (non-hydrogen) atoms. The van der Waals surface area contributed by atoms with Crippen molar-refractivity contribution in [1.82, 2.24) is 20.8 Å². The molecule has 1 aromatic carbocycles. The van der Waals surface area contributed by atoms with E-state index in [9.17, 15) is 14.4 Å². The van der Waals surface area contributed by atoms with E-state index in [4.69, 9.17) is 29.0 Å². The van der Waals surface area contributed by atoms with E-state index >= 15 is 4.39 Å². The summed E-state index contributed by atoms with van der Waals surface area (Å²) in [6.07, 6.45) is 2.49. The van der Waals surface area contributed by atoms with Crippen molar-refractivity contribution >= 4 is 41.8 Å². The molecule has 1 atom stereocenters. The normalized spacial score (nSPS) is 21.0. The smallest absolute Gasteiger partial charge is 0.328 e. The van der Waals surface area contributed by atoms with E-state index < -0.39 is 29.6 Å². The summed E-state index contributed by atoms with van der Waals surface area (Å²) in [6.45, 7) is 6.36. The van der Waals surface area contributed by atoms with Gasteiger partial charge in [-0.25, -0.2) is 18.6 Å². The molecule has 0 saturated heterocycles. The number of hydrogen-bond donors (Lipinski definition) is 4. The van der Waals surface area contributed by atoms with Gasteiger partial charge in [0, 0.05) is 29.1 Å². The second kappa shape index (κ2) is 11.4. The van der Waals surface area contributed by atoms with Gasteiger partial charge in [0.1, 0.15) is 11.5 Å². The Morgan fingerprint density at radius 3 is 2.61 bits per heavy atom. The first kappa shape index (κ1) is 27.6. The first-order valence-electron chi connectivity index (χ1n) is 11.1. The van der Waals surface area contributed by atoms with Crippen LogP contribution in [0.5, 0.6) is 0 Å². The Balaban J connectivity index is 1.82. The van der Waals surface area contributed by atoms with Crippen molar-refractivity contribution in [1.29, 1.82) is 0 Å². The van der Waals surface area contributed by atoms with Gasteiger partial charge in [0.25, 0.3) is 0 Å². The number of carbonyl (C=O) groups is 1. The molecule has 9 nitrogen and oxygen atoms in total. The Morgan fingerprint density at radius 2 is 2.03 bits per heavy atom. The number of halogens is 4. The highest BCUT2D eigenvalue weighted by Gasteiger charge is 2.35. The van der Waals surface area contributed by atoms with Crippen molar-refractivity contribution in [3.63, 3.8) is 0 Å². The number of amides is 2. The first-order chi connectivity index (χ1) is 17.0. The molecule has 5 N–H and O–H groups in total. The Kier molecular flexibility index (Phi) is 8.70. The van der Waals surface area contributed by atoms with E-state index in [2.05, 4.69) is 32.6 Å². The fourth-order valence-corrected chi connectivity index (χ4v) is 4.70. The molecule has 0 radical (unpaired) electrons. The Bertz CT molecular complexity index is 1170. The Labute approximate surface area is 217 Å². The van der Waals surface area contributed by atoms with Gasteiger partial charge in [-0.3, -0.25) is 15.6 Å². The third kappa shape index (κ3) is 6.21. The van der Waals surface area contributed by atoms with E-state index in [-0.39, 0.29) is 34.4 Å². The molecule has 1 heterocycles. The summed E-state index contributed by atoms with van der Waals surface area (Å²) in [7, 11) is 0. The fourth-order valence-electron chi connectivity index (χ4n) is 4.12. The second-order valence-corrected chi connectivity index (χ2v) is 9.65. The molecule has 1 aliphatic carbocycles. The molecular weight excluding hydrogens is 515 g/mol. The zero-order chi connectivity index (χ0) is 26.6. The number of nitrogens with two attached hydrogens (primary N) is 1. The van der Waals surface area contributed by atoms with Crippen molar-refractivity contribution in [3.8, 4) is 11.1 Å². The van der Waals surface area contributed by atoms with Gasteiger partial charge >= 0.3 is 6.03 Å². The van der Waals surface area contributed by atoms with Crippen molar-refractivity contribution in [2.75, 3.05) is 0 Å². The number of nitrogens with zero attached hydrogens (tertiary/aromatic N) is 4. The van der Waals surface area contributed by atoms with Crippen LogP contribution in [0.15, 0.2) is 34.6 Å². The van der Waals surface area contributed by atoms with Gasteiger partial charge in [0.2, 0.25) is 0 Å². The maximum atomic E-state index is 15.1. The maximum Gasteiger partial charge on any atom is 0.341 e. The quantitative estimate of drug-likeness (QED) is 0.132. The van der Waals surface area contributed by atoms with E-state index in [1.165, 1.54) is 38.2 Å². The van der Waals surface area contributed by atoms with E-state index in [1.807, 2.05) is 0 Å². The highest BCUT2D eigenvalue weighted by atomic mass is 35.5. The summed E-state index contributed by atoms with van der Waals surface area (Å²) in [5.74, 6) is 4.80. The number of hydroxylamine groups is 2. The van der Waals surface area contributed by atoms with Crippen molar-refractivity contribution in [2.24, 2.45) is 16.0 Å². The molecule has 3 rings (SSSR count). The Hall–Kier alpha value is -3.02. The highest BCUT2D eigenvalue weighted by Crippen LogP contribution is 2.35. The number of hydrazone groups is 2. The molecule has 13 heteroatoms. The number of alkyl halides is 1. The van der Waals surface area contributed by atoms with Crippen LogP contribution in [-0.4, -0.2) is 45.5 Å². The zero-order valence-electron chi connectivity index (χ0n) is 19.7. The molecule has 194 valence electrons. The predicted octanol–water partition coefficient (Wildman–Crippen LogP) is 5.15. The van der Waals surface area contributed by atoms with Crippen molar-refractivity contribution < 1.29 is 18.8 Å². The number of rotatable bonds is 6. The van der Waals surface area contributed by atoms with E-state index in [0.717, 1.165) is 0 Å². The number of nitrogens with one attached hydrogen (secondary N) is 2. The van der Waals surface area contributed by atoms with Crippen LogP contribution in [0.1, 0.15) is 56.8 Å². The van der Waals surface area contributed by atoms with Crippen LogP contribution in [-0.2, 0) is 0 Å². The minimum Gasteiger partial charge on any atom is -0.328 e. The van der Waals surface area contributed by atoms with Gasteiger partial charge < -0.3 is 11.2 Å². The number of urea groups is 1. The standard InChI is InChI=1S/C23H27Cl2F2N7O2/c1-12(31-22(35)34(36)15-4-6-23(2,27)7-5-15)20-18(26)8-13(11-30-20)16-9-14(24)10-17(25)19(16)21(32-28)33-29-3/h8-12,15,36H,3-7,28H2,1-2H3,(H,31,35)(H,32,33). The Morgan fingerprint density at radius 1 is 1.36 bits per heavy atom. The largest absolute Gasteiger partial charge is 0.341 e. The fraction of sp³-hybridized carbons (Fsp3) is 0.391. The number of pyridine rings is 1. The second-order valence-electron chi connectivity index (χ2n) is 8.81. The average molecular weight is 542 g/mol. The zero-order valence-corrected chi connectivity index (χ0v) is 21.2. The lowest BCUT2D eigenvalue weighted by Gasteiger charge is -2.35. The molecule has 1 aliphatic rings. The average Bonchev–Trinajstić information content (AvgIpc) is 2.81. The molecule has 2 aromatic rings. The third-order valence-corrected chi connectivity index (χ3v) is 6.60. The summed E-state index contributed by atoms with van der Waals surface area (Å²) >= 11 is 12.5. The van der Waals surface area contributed by atoms with Crippen LogP contribution >= 0.6 is 23.2 Å². The molecule has 1 aromatic heterocycles. The lowest BCUT2D eigenvalue weighted by molar-refractivity contribution is -0.0977. The minimum absolute atomic E-state index is 0.0613. The van der Waals surface area contributed by atoms with Crippen LogP contribution < -0.4 is 16.6 Å². The molecule has 1 fully saturated rings. The topological polar surface area (TPSA) is 128 Å². The van der Waals surface area contributed by atoms with Gasteiger partial charge in [-0.05, 0) is 63.3 Å². The summed E-state index contributed by atoms with van der Waals surface area (Å²) in [5, 5.41) is 21.0.